The fourth-order valence-electron chi connectivity index (χ4n) is 3.92. The number of carbonyl (C=O) groups is 1. The van der Waals surface area contributed by atoms with Crippen molar-refractivity contribution in [2.75, 3.05) is 42.9 Å². The Balaban J connectivity index is 1.50. The van der Waals surface area contributed by atoms with Crippen molar-refractivity contribution in [1.82, 2.24) is 4.90 Å². The van der Waals surface area contributed by atoms with E-state index in [4.69, 9.17) is 0 Å². The molecule has 2 aliphatic rings. The van der Waals surface area contributed by atoms with Crippen molar-refractivity contribution in [3.8, 4) is 0 Å². The van der Waals surface area contributed by atoms with Crippen LogP contribution in [0.1, 0.15) is 45.4 Å². The molecule has 24 heavy (non-hydrogen) atoms. The summed E-state index contributed by atoms with van der Waals surface area (Å²) in [5.74, 6) is 0.811. The van der Waals surface area contributed by atoms with Crippen LogP contribution in [0.15, 0.2) is 24.3 Å². The lowest BCUT2D eigenvalue weighted by Crippen LogP contribution is -2.39. The maximum Gasteiger partial charge on any atom is 0.238 e. The van der Waals surface area contributed by atoms with Crippen LogP contribution >= 0.6 is 0 Å². The minimum absolute atomic E-state index is 0.103. The fourth-order valence-corrected chi connectivity index (χ4v) is 3.92. The molecule has 0 aromatic heterocycles. The van der Waals surface area contributed by atoms with E-state index in [1.807, 2.05) is 12.1 Å². The molecule has 2 saturated heterocycles. The second kappa shape index (κ2) is 8.52. The standard InChI is InChI=1S/C20H31N3O/c1-17-7-6-12-22(15-17)16-20(24)21-18-8-10-19(11-9-18)23-13-4-2-3-5-14-23/h8-11,17H,2-7,12-16H2,1H3,(H,21,24). The van der Waals surface area contributed by atoms with Gasteiger partial charge in [-0.05, 0) is 62.4 Å². The van der Waals surface area contributed by atoms with E-state index in [0.717, 1.165) is 31.9 Å². The predicted octanol–water partition coefficient (Wildman–Crippen LogP) is 3.74. The molecule has 1 unspecified atom stereocenters. The molecule has 1 aromatic carbocycles. The van der Waals surface area contributed by atoms with E-state index >= 15 is 0 Å². The van der Waals surface area contributed by atoms with Crippen LogP contribution in [0, 0.1) is 5.92 Å². The van der Waals surface area contributed by atoms with Crippen molar-refractivity contribution < 1.29 is 4.79 Å². The molecule has 1 N–H and O–H groups in total. The third kappa shape index (κ3) is 4.97. The third-order valence-electron chi connectivity index (χ3n) is 5.23. The van der Waals surface area contributed by atoms with Crippen molar-refractivity contribution in [3.63, 3.8) is 0 Å². The van der Waals surface area contributed by atoms with Gasteiger partial charge in [-0.1, -0.05) is 19.8 Å². The van der Waals surface area contributed by atoms with Crippen LogP contribution < -0.4 is 10.2 Å². The lowest BCUT2D eigenvalue weighted by molar-refractivity contribution is -0.117. The van der Waals surface area contributed by atoms with E-state index in [-0.39, 0.29) is 5.91 Å². The highest BCUT2D eigenvalue weighted by Crippen LogP contribution is 2.22. The second-order valence-corrected chi connectivity index (χ2v) is 7.48. The summed E-state index contributed by atoms with van der Waals surface area (Å²) in [6.07, 6.45) is 7.76. The van der Waals surface area contributed by atoms with Gasteiger partial charge in [0.25, 0.3) is 0 Å². The molecule has 0 radical (unpaired) electrons. The van der Waals surface area contributed by atoms with Crippen molar-refractivity contribution >= 4 is 17.3 Å². The van der Waals surface area contributed by atoms with E-state index in [0.29, 0.717) is 12.5 Å². The number of anilines is 2. The van der Waals surface area contributed by atoms with E-state index in [1.54, 1.807) is 0 Å². The van der Waals surface area contributed by atoms with E-state index in [2.05, 4.69) is 34.2 Å². The number of nitrogens with one attached hydrogen (secondary N) is 1. The van der Waals surface area contributed by atoms with Crippen LogP contribution in [0.3, 0.4) is 0 Å². The first kappa shape index (κ1) is 17.3. The van der Waals surface area contributed by atoms with Gasteiger partial charge >= 0.3 is 0 Å². The van der Waals surface area contributed by atoms with E-state index < -0.39 is 0 Å². The number of rotatable bonds is 4. The molecule has 132 valence electrons. The summed E-state index contributed by atoms with van der Waals surface area (Å²) in [7, 11) is 0. The van der Waals surface area contributed by atoms with E-state index in [1.165, 1.54) is 44.2 Å². The van der Waals surface area contributed by atoms with Gasteiger partial charge in [0, 0.05) is 31.0 Å². The van der Waals surface area contributed by atoms with Gasteiger partial charge in [0.2, 0.25) is 5.91 Å². The summed E-state index contributed by atoms with van der Waals surface area (Å²) in [5, 5.41) is 3.05. The Kier molecular flexibility index (Phi) is 6.13. The third-order valence-corrected chi connectivity index (χ3v) is 5.23. The molecular formula is C20H31N3O. The monoisotopic (exact) mass is 329 g/mol. The highest BCUT2D eigenvalue weighted by Gasteiger charge is 2.18. The topological polar surface area (TPSA) is 35.6 Å². The van der Waals surface area contributed by atoms with Gasteiger partial charge in [-0.2, -0.15) is 0 Å². The van der Waals surface area contributed by atoms with Gasteiger partial charge in [-0.15, -0.1) is 0 Å². The molecule has 2 heterocycles. The molecule has 1 aromatic rings. The average molecular weight is 329 g/mol. The summed E-state index contributed by atoms with van der Waals surface area (Å²) in [5.41, 5.74) is 2.18. The van der Waals surface area contributed by atoms with Gasteiger partial charge in [0.1, 0.15) is 0 Å². The zero-order valence-corrected chi connectivity index (χ0v) is 15.0. The minimum Gasteiger partial charge on any atom is -0.372 e. The largest absolute Gasteiger partial charge is 0.372 e. The second-order valence-electron chi connectivity index (χ2n) is 7.48. The van der Waals surface area contributed by atoms with Crippen LogP contribution in [0.4, 0.5) is 11.4 Å². The molecule has 0 spiro atoms. The molecular weight excluding hydrogens is 298 g/mol. The maximum atomic E-state index is 12.3. The summed E-state index contributed by atoms with van der Waals surface area (Å²) >= 11 is 0. The number of hydrogen-bond acceptors (Lipinski definition) is 3. The molecule has 0 bridgehead atoms. The molecule has 4 heteroatoms. The molecule has 0 saturated carbocycles. The molecule has 4 nitrogen and oxygen atoms in total. The van der Waals surface area contributed by atoms with Gasteiger partial charge in [-0.3, -0.25) is 9.69 Å². The number of carbonyl (C=O) groups excluding carboxylic acids is 1. The first-order valence-corrected chi connectivity index (χ1v) is 9.58. The smallest absolute Gasteiger partial charge is 0.238 e. The fraction of sp³-hybridized carbons (Fsp3) is 0.650. The summed E-state index contributed by atoms with van der Waals surface area (Å²) in [6, 6.07) is 8.36. The number of amides is 1. The quantitative estimate of drug-likeness (QED) is 0.914. The minimum atomic E-state index is 0.103. The molecule has 0 aliphatic carbocycles. The van der Waals surface area contributed by atoms with Crippen molar-refractivity contribution in [3.05, 3.63) is 24.3 Å². The van der Waals surface area contributed by atoms with E-state index in [9.17, 15) is 4.79 Å². The Labute approximate surface area is 146 Å². The SMILES string of the molecule is CC1CCCN(CC(=O)Nc2ccc(N3CCCCCC3)cc2)C1. The van der Waals surface area contributed by atoms with Crippen molar-refractivity contribution in [1.29, 1.82) is 0 Å². The Morgan fingerprint density at radius 1 is 1.04 bits per heavy atom. The molecule has 2 fully saturated rings. The van der Waals surface area contributed by atoms with Crippen LogP contribution in [-0.4, -0.2) is 43.5 Å². The van der Waals surface area contributed by atoms with Crippen LogP contribution in [0.25, 0.3) is 0 Å². The lowest BCUT2D eigenvalue weighted by Gasteiger charge is -2.30. The summed E-state index contributed by atoms with van der Waals surface area (Å²) < 4.78 is 0. The van der Waals surface area contributed by atoms with Gasteiger partial charge in [0.15, 0.2) is 0 Å². The summed E-state index contributed by atoms with van der Waals surface area (Å²) in [6.45, 7) is 7.18. The predicted molar refractivity (Wildman–Crippen MR) is 101 cm³/mol. The normalized spacial score (nSPS) is 22.9. The molecule has 1 amide bonds. The Hall–Kier alpha value is -1.55. The highest BCUT2D eigenvalue weighted by molar-refractivity contribution is 5.92. The highest BCUT2D eigenvalue weighted by atomic mass is 16.2. The van der Waals surface area contributed by atoms with Gasteiger partial charge < -0.3 is 10.2 Å². The number of piperidine rings is 1. The average Bonchev–Trinajstić information content (AvgIpc) is 2.85. The Morgan fingerprint density at radius 2 is 1.75 bits per heavy atom. The number of hydrogen-bond donors (Lipinski definition) is 1. The Morgan fingerprint density at radius 3 is 2.42 bits per heavy atom. The molecule has 1 atom stereocenters. The van der Waals surface area contributed by atoms with Crippen molar-refractivity contribution in [2.24, 2.45) is 5.92 Å². The lowest BCUT2D eigenvalue weighted by atomic mass is 10.0. The maximum absolute atomic E-state index is 12.3. The first-order chi connectivity index (χ1) is 11.7. The number of benzene rings is 1. The van der Waals surface area contributed by atoms with Gasteiger partial charge in [0.05, 0.1) is 6.54 Å². The number of likely N-dealkylation sites (tertiary alicyclic amines) is 1. The molecule has 2 aliphatic heterocycles. The van der Waals surface area contributed by atoms with Crippen molar-refractivity contribution in [2.45, 2.75) is 45.4 Å². The molecule has 3 rings (SSSR count). The van der Waals surface area contributed by atoms with Crippen LogP contribution in [0.5, 0.6) is 0 Å². The zero-order chi connectivity index (χ0) is 16.8. The first-order valence-electron chi connectivity index (χ1n) is 9.58. The van der Waals surface area contributed by atoms with Crippen LogP contribution in [-0.2, 0) is 4.79 Å². The zero-order valence-electron chi connectivity index (χ0n) is 15.0. The van der Waals surface area contributed by atoms with Gasteiger partial charge in [-0.25, -0.2) is 0 Å². The van der Waals surface area contributed by atoms with Crippen LogP contribution in [0.2, 0.25) is 0 Å². The Bertz CT molecular complexity index is 520. The number of nitrogens with zero attached hydrogens (tertiary/aromatic N) is 2. The summed E-state index contributed by atoms with van der Waals surface area (Å²) in [4.78, 5) is 17.0.